The Bertz CT molecular complexity index is 1980. The van der Waals surface area contributed by atoms with Gasteiger partial charge in [-0.15, -0.1) is 0 Å². The molecule has 2 aromatic carbocycles. The Balaban J connectivity index is 1.36. The molecule has 5 rings (SSSR count). The lowest BCUT2D eigenvalue weighted by molar-refractivity contribution is -0.153. The first-order chi connectivity index (χ1) is 25.9. The van der Waals surface area contributed by atoms with Gasteiger partial charge in [-0.25, -0.2) is 22.8 Å². The number of esters is 2. The second-order valence-corrected chi connectivity index (χ2v) is 16.8. The highest BCUT2D eigenvalue weighted by atomic mass is 35.5. The molecule has 3 aromatic rings. The van der Waals surface area contributed by atoms with Gasteiger partial charge in [-0.05, 0) is 99.7 Å². The molecule has 298 valence electrons. The van der Waals surface area contributed by atoms with E-state index in [0.717, 1.165) is 31.9 Å². The Labute approximate surface area is 327 Å². The molecule has 0 aliphatic heterocycles. The standard InChI is InChI=1S/C37H40Cl2F2N2O11S/c1-37(2,3)54-36(46)43(55(4,47)48)28-11-9-24(14-31(28)49-18-21-5-6-21)34(45)51-20-33(44)52-30(15-25-26(38)16-42-17-27(25)39)23-10-12-29(53-35(40)41)32(13-23)50-19-22-7-8-22/h9-14,16-17,21-22,30,35H,5-8,15,18-20H2,1-4H3/t30-/m0/s1. The molecule has 55 heavy (non-hydrogen) atoms. The van der Waals surface area contributed by atoms with Gasteiger partial charge in [0.25, 0.3) is 0 Å². The molecule has 0 unspecified atom stereocenters. The summed E-state index contributed by atoms with van der Waals surface area (Å²) in [6, 6.07) is 7.70. The minimum Gasteiger partial charge on any atom is -0.491 e. The second kappa shape index (κ2) is 17.6. The molecule has 0 spiro atoms. The number of benzene rings is 2. The van der Waals surface area contributed by atoms with Gasteiger partial charge in [0.1, 0.15) is 23.1 Å². The maximum Gasteiger partial charge on any atom is 0.429 e. The van der Waals surface area contributed by atoms with Crippen LogP contribution in [0, 0.1) is 11.8 Å². The van der Waals surface area contributed by atoms with Gasteiger partial charge in [0.2, 0.25) is 10.0 Å². The Morgan fingerprint density at radius 2 is 1.53 bits per heavy atom. The fraction of sp³-hybridized carbons (Fsp3) is 0.459. The van der Waals surface area contributed by atoms with Crippen LogP contribution in [-0.4, -0.2) is 69.7 Å². The van der Waals surface area contributed by atoms with Crippen molar-refractivity contribution in [2.45, 2.75) is 71.2 Å². The summed E-state index contributed by atoms with van der Waals surface area (Å²) in [5, 5.41) is 0.346. The number of sulfonamides is 1. The molecule has 1 heterocycles. The lowest BCUT2D eigenvalue weighted by Gasteiger charge is -2.27. The van der Waals surface area contributed by atoms with E-state index in [1.807, 2.05) is 0 Å². The Morgan fingerprint density at radius 1 is 0.909 bits per heavy atom. The predicted molar refractivity (Wildman–Crippen MR) is 197 cm³/mol. The SMILES string of the molecule is CC(C)(C)OC(=O)N(c1ccc(C(=O)OCC(=O)O[C@@H](Cc2c(Cl)cncc2Cl)c2ccc(OC(F)F)c(OCC3CC3)c2)cc1OCC1CC1)S(C)(=O)=O. The molecule has 2 aliphatic carbocycles. The van der Waals surface area contributed by atoms with E-state index in [1.54, 1.807) is 20.8 Å². The number of hydrogen-bond donors (Lipinski definition) is 0. The number of alkyl halides is 2. The van der Waals surface area contributed by atoms with Crippen molar-refractivity contribution in [1.29, 1.82) is 0 Å². The highest BCUT2D eigenvalue weighted by Gasteiger charge is 2.34. The van der Waals surface area contributed by atoms with Crippen molar-refractivity contribution < 1.29 is 60.0 Å². The molecular weight excluding hydrogens is 789 g/mol. The monoisotopic (exact) mass is 828 g/mol. The van der Waals surface area contributed by atoms with Crippen molar-refractivity contribution in [3.8, 4) is 17.2 Å². The number of amides is 1. The smallest absolute Gasteiger partial charge is 0.429 e. The van der Waals surface area contributed by atoms with E-state index in [1.165, 1.54) is 48.8 Å². The van der Waals surface area contributed by atoms with Crippen molar-refractivity contribution in [2.24, 2.45) is 11.8 Å². The Kier molecular flexibility index (Phi) is 13.3. The van der Waals surface area contributed by atoms with Gasteiger partial charge in [-0.1, -0.05) is 29.3 Å². The summed E-state index contributed by atoms with van der Waals surface area (Å²) in [7, 11) is -4.23. The van der Waals surface area contributed by atoms with Crippen LogP contribution in [0.5, 0.6) is 17.2 Å². The zero-order valence-corrected chi connectivity index (χ0v) is 32.7. The van der Waals surface area contributed by atoms with Crippen LogP contribution in [0.1, 0.15) is 74.0 Å². The number of nitrogens with zero attached hydrogens (tertiary/aromatic N) is 2. The van der Waals surface area contributed by atoms with Crippen LogP contribution >= 0.6 is 23.2 Å². The highest BCUT2D eigenvalue weighted by molar-refractivity contribution is 7.92. The molecule has 0 saturated heterocycles. The maximum atomic E-state index is 13.3. The van der Waals surface area contributed by atoms with Crippen molar-refractivity contribution in [3.63, 3.8) is 0 Å². The highest BCUT2D eigenvalue weighted by Crippen LogP contribution is 2.39. The van der Waals surface area contributed by atoms with E-state index in [4.69, 9.17) is 46.9 Å². The van der Waals surface area contributed by atoms with Crippen LogP contribution in [-0.2, 0) is 35.4 Å². The maximum absolute atomic E-state index is 13.3. The van der Waals surface area contributed by atoms with Crippen LogP contribution in [0.25, 0.3) is 0 Å². The molecule has 1 aromatic heterocycles. The van der Waals surface area contributed by atoms with Crippen molar-refractivity contribution in [3.05, 3.63) is 75.5 Å². The molecule has 2 saturated carbocycles. The van der Waals surface area contributed by atoms with Gasteiger partial charge < -0.3 is 28.4 Å². The third kappa shape index (κ3) is 12.3. The minimum absolute atomic E-state index is 0.00774. The minimum atomic E-state index is -4.23. The summed E-state index contributed by atoms with van der Waals surface area (Å²) in [4.78, 5) is 43.5. The first-order valence-corrected chi connectivity index (χ1v) is 19.8. The van der Waals surface area contributed by atoms with Crippen LogP contribution in [0.4, 0.5) is 19.3 Å². The number of hydrogen-bond acceptors (Lipinski definition) is 12. The normalized spacial score (nSPS) is 14.9. The summed E-state index contributed by atoms with van der Waals surface area (Å²) in [5.74, 6) is -1.81. The molecule has 18 heteroatoms. The zero-order valence-electron chi connectivity index (χ0n) is 30.4. The van der Waals surface area contributed by atoms with Gasteiger partial charge in [0.15, 0.2) is 18.1 Å². The third-order valence-electron chi connectivity index (χ3n) is 8.14. The molecule has 1 atom stereocenters. The zero-order chi connectivity index (χ0) is 40.1. The lowest BCUT2D eigenvalue weighted by Crippen LogP contribution is -2.40. The quantitative estimate of drug-likeness (QED) is 0.0957. The average Bonchev–Trinajstić information content (AvgIpc) is 4.02. The number of carbonyl (C=O) groups is 3. The molecule has 0 bridgehead atoms. The van der Waals surface area contributed by atoms with Gasteiger partial charge in [-0.3, -0.25) is 4.98 Å². The summed E-state index contributed by atoms with van der Waals surface area (Å²) in [6.07, 6.45) is 4.79. The molecular formula is C37H40Cl2F2N2O11S. The number of carbonyl (C=O) groups excluding carboxylic acids is 3. The number of rotatable bonds is 17. The van der Waals surface area contributed by atoms with Crippen molar-refractivity contribution in [1.82, 2.24) is 4.98 Å². The van der Waals surface area contributed by atoms with Gasteiger partial charge in [-0.2, -0.15) is 13.1 Å². The largest absolute Gasteiger partial charge is 0.491 e. The predicted octanol–water partition coefficient (Wildman–Crippen LogP) is 7.95. The fourth-order valence-corrected chi connectivity index (χ4v) is 6.44. The van der Waals surface area contributed by atoms with Crippen LogP contribution < -0.4 is 18.5 Å². The van der Waals surface area contributed by atoms with E-state index in [0.29, 0.717) is 15.4 Å². The lowest BCUT2D eigenvalue weighted by atomic mass is 10.0. The van der Waals surface area contributed by atoms with Crippen LogP contribution in [0.15, 0.2) is 48.8 Å². The first-order valence-electron chi connectivity index (χ1n) is 17.2. The Morgan fingerprint density at radius 3 is 2.09 bits per heavy atom. The molecule has 0 N–H and O–H groups in total. The van der Waals surface area contributed by atoms with E-state index in [-0.39, 0.29) is 70.0 Å². The topological polar surface area (TPSA) is 157 Å². The number of halogens is 4. The van der Waals surface area contributed by atoms with Gasteiger partial charge >= 0.3 is 24.6 Å². The first kappa shape index (κ1) is 41.7. The van der Waals surface area contributed by atoms with E-state index in [2.05, 4.69) is 9.72 Å². The van der Waals surface area contributed by atoms with Crippen molar-refractivity contribution >= 4 is 56.9 Å². The molecule has 1 amide bonds. The number of anilines is 1. The molecule has 2 aliphatic rings. The van der Waals surface area contributed by atoms with Crippen LogP contribution in [0.3, 0.4) is 0 Å². The second-order valence-electron chi connectivity index (χ2n) is 14.1. The summed E-state index contributed by atoms with van der Waals surface area (Å²) >= 11 is 12.7. The molecule has 13 nitrogen and oxygen atoms in total. The number of ether oxygens (including phenoxy) is 6. The average molecular weight is 830 g/mol. The van der Waals surface area contributed by atoms with E-state index >= 15 is 0 Å². The van der Waals surface area contributed by atoms with E-state index in [9.17, 15) is 31.6 Å². The van der Waals surface area contributed by atoms with Crippen LogP contribution in [0.2, 0.25) is 10.0 Å². The third-order valence-corrected chi connectivity index (χ3v) is 9.80. The summed E-state index contributed by atoms with van der Waals surface area (Å²) in [5.41, 5.74) is -0.657. The molecule has 0 radical (unpaired) electrons. The summed E-state index contributed by atoms with van der Waals surface area (Å²) in [6.45, 7) is 1.20. The Hall–Kier alpha value is -4.41. The summed E-state index contributed by atoms with van der Waals surface area (Å²) < 4.78 is 85.1. The number of pyridine rings is 1. The molecule has 2 fully saturated rings. The van der Waals surface area contributed by atoms with Gasteiger partial charge in [0.05, 0.1) is 35.1 Å². The fourth-order valence-electron chi connectivity index (χ4n) is 5.10. The van der Waals surface area contributed by atoms with E-state index < -0.39 is 53.0 Å². The van der Waals surface area contributed by atoms with Gasteiger partial charge in [0, 0.05) is 18.8 Å². The van der Waals surface area contributed by atoms with Crippen molar-refractivity contribution in [2.75, 3.05) is 30.4 Å². The number of aromatic nitrogens is 1.